The second kappa shape index (κ2) is 5.61. The Morgan fingerprint density at radius 1 is 1.25 bits per heavy atom. The van der Waals surface area contributed by atoms with E-state index in [0.29, 0.717) is 5.92 Å². The number of anilines is 1. The first-order chi connectivity index (χ1) is 9.65. The van der Waals surface area contributed by atoms with Crippen LogP contribution in [0.3, 0.4) is 0 Å². The minimum Gasteiger partial charge on any atom is -0.384 e. The van der Waals surface area contributed by atoms with E-state index in [1.807, 2.05) is 18.2 Å². The van der Waals surface area contributed by atoms with E-state index in [0.717, 1.165) is 29.9 Å². The maximum atomic E-state index is 6.18. The first kappa shape index (κ1) is 13.7. The van der Waals surface area contributed by atoms with Crippen molar-refractivity contribution >= 4 is 28.2 Å². The number of hydrogen-bond donors (Lipinski definition) is 1. The van der Waals surface area contributed by atoms with Crippen molar-refractivity contribution in [3.63, 3.8) is 0 Å². The van der Waals surface area contributed by atoms with Gasteiger partial charge in [0, 0.05) is 28.3 Å². The molecule has 2 aromatic rings. The number of hydrogen-bond acceptors (Lipinski definition) is 2. The van der Waals surface area contributed by atoms with E-state index in [2.05, 4.69) is 19.2 Å². The number of benzene rings is 1. The number of pyridine rings is 1. The standard InChI is InChI=1S/C17H21ClN2/c1-11(2)10-19-17-13-5-3-4-6-15(13)20-16-8-7-12(18)9-14(16)17/h7-9,11H,3-6,10H2,1-2H3,(H,19,20). The summed E-state index contributed by atoms with van der Waals surface area (Å²) in [6.07, 6.45) is 4.75. The van der Waals surface area contributed by atoms with Gasteiger partial charge in [0.1, 0.15) is 0 Å². The quantitative estimate of drug-likeness (QED) is 0.874. The van der Waals surface area contributed by atoms with Crippen LogP contribution in [-0.4, -0.2) is 11.5 Å². The number of rotatable bonds is 3. The van der Waals surface area contributed by atoms with Crippen LogP contribution in [0, 0.1) is 5.92 Å². The highest BCUT2D eigenvalue weighted by Gasteiger charge is 2.18. The Labute approximate surface area is 125 Å². The van der Waals surface area contributed by atoms with Crippen LogP contribution in [-0.2, 0) is 12.8 Å². The maximum Gasteiger partial charge on any atom is 0.0727 e. The Bertz CT molecular complexity index is 634. The zero-order valence-corrected chi connectivity index (χ0v) is 12.9. The third-order valence-electron chi connectivity index (χ3n) is 3.91. The van der Waals surface area contributed by atoms with Crippen molar-refractivity contribution in [3.05, 3.63) is 34.5 Å². The zero-order chi connectivity index (χ0) is 14.1. The lowest BCUT2D eigenvalue weighted by molar-refractivity contribution is 0.665. The molecule has 0 amide bonds. The summed E-state index contributed by atoms with van der Waals surface area (Å²) >= 11 is 6.18. The average molecular weight is 289 g/mol. The lowest BCUT2D eigenvalue weighted by atomic mass is 9.92. The minimum absolute atomic E-state index is 0.622. The molecule has 3 heteroatoms. The molecule has 1 aromatic carbocycles. The number of aromatic nitrogens is 1. The lowest BCUT2D eigenvalue weighted by Crippen LogP contribution is -2.14. The second-order valence-corrected chi connectivity index (χ2v) is 6.49. The summed E-state index contributed by atoms with van der Waals surface area (Å²) in [5.41, 5.74) is 5.01. The molecule has 1 N–H and O–H groups in total. The van der Waals surface area contributed by atoms with Gasteiger partial charge in [-0.1, -0.05) is 25.4 Å². The van der Waals surface area contributed by atoms with Crippen molar-refractivity contribution in [3.8, 4) is 0 Å². The molecule has 1 aromatic heterocycles. The number of nitrogens with one attached hydrogen (secondary N) is 1. The highest BCUT2D eigenvalue weighted by atomic mass is 35.5. The van der Waals surface area contributed by atoms with Crippen LogP contribution in [0.15, 0.2) is 18.2 Å². The van der Waals surface area contributed by atoms with Gasteiger partial charge in [0.15, 0.2) is 0 Å². The number of fused-ring (bicyclic) bond motifs is 2. The largest absolute Gasteiger partial charge is 0.384 e. The predicted octanol–water partition coefficient (Wildman–Crippen LogP) is 4.83. The van der Waals surface area contributed by atoms with Gasteiger partial charge in [-0.25, -0.2) is 0 Å². The maximum absolute atomic E-state index is 6.18. The molecule has 0 fully saturated rings. The van der Waals surface area contributed by atoms with Crippen molar-refractivity contribution in [2.24, 2.45) is 5.92 Å². The molecule has 0 aliphatic heterocycles. The third-order valence-corrected chi connectivity index (χ3v) is 4.15. The van der Waals surface area contributed by atoms with E-state index in [1.54, 1.807) is 0 Å². The molecular formula is C17H21ClN2. The summed E-state index contributed by atoms with van der Waals surface area (Å²) in [4.78, 5) is 4.85. The number of aryl methyl sites for hydroxylation is 1. The summed E-state index contributed by atoms with van der Waals surface area (Å²) in [5, 5.41) is 5.59. The van der Waals surface area contributed by atoms with Crippen molar-refractivity contribution in [1.29, 1.82) is 0 Å². The van der Waals surface area contributed by atoms with Gasteiger partial charge in [0.25, 0.3) is 0 Å². The van der Waals surface area contributed by atoms with Crippen LogP contribution < -0.4 is 5.32 Å². The molecule has 0 saturated heterocycles. The molecule has 0 saturated carbocycles. The Morgan fingerprint density at radius 2 is 2.05 bits per heavy atom. The van der Waals surface area contributed by atoms with Crippen molar-refractivity contribution in [1.82, 2.24) is 4.98 Å². The molecule has 1 aliphatic carbocycles. The monoisotopic (exact) mass is 288 g/mol. The van der Waals surface area contributed by atoms with E-state index in [1.165, 1.54) is 35.2 Å². The Morgan fingerprint density at radius 3 is 2.85 bits per heavy atom. The fourth-order valence-corrected chi connectivity index (χ4v) is 3.08. The van der Waals surface area contributed by atoms with Gasteiger partial charge in [-0.3, -0.25) is 4.98 Å². The molecule has 2 nitrogen and oxygen atoms in total. The number of nitrogens with zero attached hydrogens (tertiary/aromatic N) is 1. The smallest absolute Gasteiger partial charge is 0.0727 e. The molecule has 20 heavy (non-hydrogen) atoms. The van der Waals surface area contributed by atoms with Crippen LogP contribution in [0.25, 0.3) is 10.9 Å². The Balaban J connectivity index is 2.16. The summed E-state index contributed by atoms with van der Waals surface area (Å²) in [6.45, 7) is 5.45. The summed E-state index contributed by atoms with van der Waals surface area (Å²) in [6, 6.07) is 6.01. The molecule has 0 atom stereocenters. The predicted molar refractivity (Wildman–Crippen MR) is 86.7 cm³/mol. The zero-order valence-electron chi connectivity index (χ0n) is 12.2. The van der Waals surface area contributed by atoms with E-state index in [9.17, 15) is 0 Å². The normalized spacial score (nSPS) is 14.6. The molecule has 0 unspecified atom stereocenters. The van der Waals surface area contributed by atoms with E-state index < -0.39 is 0 Å². The highest BCUT2D eigenvalue weighted by Crippen LogP contribution is 2.34. The van der Waals surface area contributed by atoms with Gasteiger partial charge < -0.3 is 5.32 Å². The van der Waals surface area contributed by atoms with Gasteiger partial charge in [0.2, 0.25) is 0 Å². The molecule has 106 valence electrons. The van der Waals surface area contributed by atoms with Crippen LogP contribution in [0.4, 0.5) is 5.69 Å². The summed E-state index contributed by atoms with van der Waals surface area (Å²) in [5.74, 6) is 0.622. The van der Waals surface area contributed by atoms with Gasteiger partial charge in [-0.2, -0.15) is 0 Å². The van der Waals surface area contributed by atoms with Gasteiger partial charge in [-0.05, 0) is 55.4 Å². The van der Waals surface area contributed by atoms with Gasteiger partial charge >= 0.3 is 0 Å². The average Bonchev–Trinajstić information content (AvgIpc) is 2.43. The second-order valence-electron chi connectivity index (χ2n) is 6.06. The molecule has 1 heterocycles. The highest BCUT2D eigenvalue weighted by molar-refractivity contribution is 6.31. The lowest BCUT2D eigenvalue weighted by Gasteiger charge is -2.22. The Hall–Kier alpha value is -1.28. The van der Waals surface area contributed by atoms with Crippen molar-refractivity contribution < 1.29 is 0 Å². The Kier molecular flexibility index (Phi) is 3.84. The van der Waals surface area contributed by atoms with Gasteiger partial charge in [0.05, 0.1) is 5.52 Å². The van der Waals surface area contributed by atoms with Crippen LogP contribution >= 0.6 is 11.6 Å². The third kappa shape index (κ3) is 2.62. The minimum atomic E-state index is 0.622. The number of halogens is 1. The van der Waals surface area contributed by atoms with Crippen LogP contribution in [0.1, 0.15) is 37.9 Å². The molecule has 0 radical (unpaired) electrons. The summed E-state index contributed by atoms with van der Waals surface area (Å²) < 4.78 is 0. The SMILES string of the molecule is CC(C)CNc1c2c(nc3ccc(Cl)cc13)CCCC2. The molecule has 1 aliphatic rings. The molecule has 3 rings (SSSR count). The molecular weight excluding hydrogens is 268 g/mol. The van der Waals surface area contributed by atoms with Crippen molar-refractivity contribution in [2.75, 3.05) is 11.9 Å². The van der Waals surface area contributed by atoms with Gasteiger partial charge in [-0.15, -0.1) is 0 Å². The van der Waals surface area contributed by atoms with Crippen molar-refractivity contribution in [2.45, 2.75) is 39.5 Å². The first-order valence-electron chi connectivity index (χ1n) is 7.50. The molecule has 0 bridgehead atoms. The van der Waals surface area contributed by atoms with Crippen LogP contribution in [0.2, 0.25) is 5.02 Å². The topological polar surface area (TPSA) is 24.9 Å². The van der Waals surface area contributed by atoms with E-state index in [-0.39, 0.29) is 0 Å². The molecule has 0 spiro atoms. The fourth-order valence-electron chi connectivity index (χ4n) is 2.90. The fraction of sp³-hybridized carbons (Fsp3) is 0.471. The first-order valence-corrected chi connectivity index (χ1v) is 7.88. The van der Waals surface area contributed by atoms with E-state index >= 15 is 0 Å². The van der Waals surface area contributed by atoms with Crippen LogP contribution in [0.5, 0.6) is 0 Å². The summed E-state index contributed by atoms with van der Waals surface area (Å²) in [7, 11) is 0. The van der Waals surface area contributed by atoms with E-state index in [4.69, 9.17) is 16.6 Å².